The lowest BCUT2D eigenvalue weighted by atomic mass is 9.77. The molecule has 2 amide bonds. The fraction of sp³-hybridized carbons (Fsp3) is 0.619. The monoisotopic (exact) mass is 464 g/mol. The number of carbonyl (C=O) groups is 2. The summed E-state index contributed by atoms with van der Waals surface area (Å²) in [6.45, 7) is 3.41. The number of hydrogen-bond donors (Lipinski definition) is 2. The van der Waals surface area contributed by atoms with Crippen LogP contribution in [0.4, 0.5) is 22.0 Å². The number of benzene rings is 1. The number of halogens is 5. The van der Waals surface area contributed by atoms with Crippen LogP contribution in [0.15, 0.2) is 12.1 Å². The highest BCUT2D eigenvalue weighted by Crippen LogP contribution is 2.54. The molecule has 1 aromatic rings. The largest absolute Gasteiger partial charge is 0.493 e. The molecule has 5 atom stereocenters. The summed E-state index contributed by atoms with van der Waals surface area (Å²) in [5.41, 5.74) is -2.89. The summed E-state index contributed by atoms with van der Waals surface area (Å²) in [4.78, 5) is 25.1. The molecule has 2 fully saturated rings. The highest BCUT2D eigenvalue weighted by molar-refractivity contribution is 5.90. The average Bonchev–Trinajstić information content (AvgIpc) is 3.47. The third-order valence-electron chi connectivity index (χ3n) is 6.25. The number of carbonyl (C=O) groups excluding carboxylic acids is 2. The normalized spacial score (nSPS) is 28.8. The van der Waals surface area contributed by atoms with E-state index in [1.807, 2.05) is 0 Å². The van der Waals surface area contributed by atoms with Gasteiger partial charge in [0.2, 0.25) is 17.6 Å². The quantitative estimate of drug-likeness (QED) is 0.634. The molecule has 1 aliphatic carbocycles. The number of methoxy groups -OCH3 is 1. The number of hydrogen-bond acceptors (Lipinski definition) is 4. The molecule has 3 rings (SSSR count). The van der Waals surface area contributed by atoms with Gasteiger partial charge in [0.05, 0.1) is 7.11 Å². The zero-order valence-electron chi connectivity index (χ0n) is 18.0. The minimum atomic E-state index is -4.86. The lowest BCUT2D eigenvalue weighted by molar-refractivity contribution is -0.272. The van der Waals surface area contributed by atoms with E-state index in [0.717, 1.165) is 39.0 Å². The molecule has 0 aromatic heterocycles. The highest BCUT2D eigenvalue weighted by atomic mass is 19.4. The van der Waals surface area contributed by atoms with E-state index in [2.05, 4.69) is 10.6 Å². The Morgan fingerprint density at radius 1 is 1.25 bits per heavy atom. The smallest absolute Gasteiger partial charge is 0.417 e. The van der Waals surface area contributed by atoms with Gasteiger partial charge in [-0.25, -0.2) is 4.39 Å². The Bertz CT molecular complexity index is 905. The van der Waals surface area contributed by atoms with Gasteiger partial charge in [-0.1, -0.05) is 13.0 Å². The van der Waals surface area contributed by atoms with Gasteiger partial charge in [0.25, 0.3) is 0 Å². The highest BCUT2D eigenvalue weighted by Gasteiger charge is 2.66. The van der Waals surface area contributed by atoms with Crippen molar-refractivity contribution < 1.29 is 41.0 Å². The number of nitrogens with one attached hydrogen (secondary N) is 2. The van der Waals surface area contributed by atoms with E-state index in [4.69, 9.17) is 9.47 Å². The first-order valence-corrected chi connectivity index (χ1v) is 10.2. The van der Waals surface area contributed by atoms with Crippen LogP contribution in [0.5, 0.6) is 5.75 Å². The third-order valence-corrected chi connectivity index (χ3v) is 6.25. The second-order valence-electron chi connectivity index (χ2n) is 8.45. The maximum absolute atomic E-state index is 14.3. The Labute approximate surface area is 181 Å². The van der Waals surface area contributed by atoms with Gasteiger partial charge in [-0.05, 0) is 32.8 Å². The Morgan fingerprint density at radius 3 is 2.41 bits per heavy atom. The van der Waals surface area contributed by atoms with Crippen LogP contribution >= 0.6 is 0 Å². The summed E-state index contributed by atoms with van der Waals surface area (Å²) in [5.74, 6) is -7.38. The topological polar surface area (TPSA) is 76.7 Å². The van der Waals surface area contributed by atoms with Gasteiger partial charge in [0, 0.05) is 23.4 Å². The summed E-state index contributed by atoms with van der Waals surface area (Å²) in [5, 5.41) is 5.06. The Kier molecular flexibility index (Phi) is 6.43. The van der Waals surface area contributed by atoms with E-state index in [9.17, 15) is 31.5 Å². The molecule has 11 heteroatoms. The molecule has 2 aliphatic rings. The molecule has 178 valence electrons. The minimum Gasteiger partial charge on any atom is -0.493 e. The second-order valence-corrected chi connectivity index (χ2v) is 8.45. The third kappa shape index (κ3) is 4.26. The molecule has 1 saturated carbocycles. The van der Waals surface area contributed by atoms with Crippen LogP contribution in [-0.4, -0.2) is 48.9 Å². The van der Waals surface area contributed by atoms with Crippen LogP contribution in [0.25, 0.3) is 0 Å². The van der Waals surface area contributed by atoms with Gasteiger partial charge in [0.15, 0.2) is 17.2 Å². The van der Waals surface area contributed by atoms with E-state index in [0.29, 0.717) is 0 Å². The van der Waals surface area contributed by atoms with Gasteiger partial charge in [-0.3, -0.25) is 9.59 Å². The lowest BCUT2D eigenvalue weighted by Crippen LogP contribution is -2.50. The van der Waals surface area contributed by atoms with Crippen molar-refractivity contribution in [1.82, 2.24) is 10.6 Å². The van der Waals surface area contributed by atoms with Crippen LogP contribution in [0.3, 0.4) is 0 Å². The van der Waals surface area contributed by atoms with Crippen molar-refractivity contribution in [3.63, 3.8) is 0 Å². The van der Waals surface area contributed by atoms with Crippen molar-refractivity contribution in [2.45, 2.75) is 69.5 Å². The summed E-state index contributed by atoms with van der Waals surface area (Å²) < 4.78 is 79.9. The second kappa shape index (κ2) is 8.49. The number of alkyl halides is 3. The summed E-state index contributed by atoms with van der Waals surface area (Å²) in [6.07, 6.45) is -4.96. The number of ether oxygens (including phenoxy) is 2. The van der Waals surface area contributed by atoms with Gasteiger partial charge >= 0.3 is 6.18 Å². The molecular weight excluding hydrogens is 439 g/mol. The van der Waals surface area contributed by atoms with Crippen molar-refractivity contribution in [1.29, 1.82) is 0 Å². The SMILES string of the molecule is COc1c([C@H]2[C@H](C(=O)N[C@@H](C)C(=O)NC3CC3)O[C@@](C)(C(F)(F)F)[C@H]2C)ccc(F)c1F. The first kappa shape index (κ1) is 24.2. The van der Waals surface area contributed by atoms with Crippen molar-refractivity contribution in [2.75, 3.05) is 7.11 Å². The standard InChI is InChI=1S/C21H25F5N2O4/c1-9-14(12-7-8-13(22)15(23)16(12)31-4)17(32-20(9,3)21(24,25)26)19(30)27-10(2)18(29)28-11-5-6-11/h7-11,14,17H,5-6H2,1-4H3,(H,27,30)(H,28,29)/t9-,10-,14-,17+,20+/m0/s1. The first-order valence-electron chi connectivity index (χ1n) is 10.2. The van der Waals surface area contributed by atoms with Gasteiger partial charge in [-0.2, -0.15) is 17.6 Å². The fourth-order valence-electron chi connectivity index (χ4n) is 3.96. The molecule has 1 heterocycles. The first-order chi connectivity index (χ1) is 14.8. The Morgan fingerprint density at radius 2 is 1.88 bits per heavy atom. The predicted octanol–water partition coefficient (Wildman–Crippen LogP) is 3.20. The molecule has 1 aromatic carbocycles. The van der Waals surface area contributed by atoms with Crippen molar-refractivity contribution in [3.05, 3.63) is 29.3 Å². The molecule has 2 N–H and O–H groups in total. The minimum absolute atomic E-state index is 0.0253. The number of amides is 2. The predicted molar refractivity (Wildman–Crippen MR) is 103 cm³/mol. The fourth-order valence-corrected chi connectivity index (χ4v) is 3.96. The molecule has 0 radical (unpaired) electrons. The van der Waals surface area contributed by atoms with E-state index in [1.54, 1.807) is 0 Å². The zero-order chi connectivity index (χ0) is 24.0. The molecule has 0 unspecified atom stereocenters. The maximum atomic E-state index is 14.3. The molecule has 1 saturated heterocycles. The Balaban J connectivity index is 1.97. The van der Waals surface area contributed by atoms with Crippen molar-refractivity contribution in [2.24, 2.45) is 5.92 Å². The van der Waals surface area contributed by atoms with Crippen LogP contribution < -0.4 is 15.4 Å². The van der Waals surface area contributed by atoms with Gasteiger partial charge < -0.3 is 20.1 Å². The molecule has 32 heavy (non-hydrogen) atoms. The Hall–Kier alpha value is -2.43. The summed E-state index contributed by atoms with van der Waals surface area (Å²) in [7, 11) is 1.05. The van der Waals surface area contributed by atoms with Crippen LogP contribution in [-0.2, 0) is 14.3 Å². The molecular formula is C21H25F5N2O4. The zero-order valence-corrected chi connectivity index (χ0v) is 18.0. The maximum Gasteiger partial charge on any atom is 0.417 e. The van der Waals surface area contributed by atoms with E-state index in [-0.39, 0.29) is 11.6 Å². The van der Waals surface area contributed by atoms with Gasteiger partial charge in [-0.15, -0.1) is 0 Å². The van der Waals surface area contributed by atoms with E-state index in [1.165, 1.54) is 13.8 Å². The van der Waals surface area contributed by atoms with Crippen LogP contribution in [0, 0.1) is 17.6 Å². The molecule has 6 nitrogen and oxygen atoms in total. The van der Waals surface area contributed by atoms with E-state index >= 15 is 0 Å². The number of rotatable bonds is 6. The molecule has 0 spiro atoms. The van der Waals surface area contributed by atoms with Crippen LogP contribution in [0.1, 0.15) is 45.1 Å². The summed E-state index contributed by atoms with van der Waals surface area (Å²) in [6, 6.07) is 0.821. The lowest BCUT2D eigenvalue weighted by Gasteiger charge is -2.32. The van der Waals surface area contributed by atoms with Crippen molar-refractivity contribution >= 4 is 11.8 Å². The van der Waals surface area contributed by atoms with E-state index < -0.39 is 65.0 Å². The average molecular weight is 464 g/mol. The van der Waals surface area contributed by atoms with Gasteiger partial charge in [0.1, 0.15) is 12.1 Å². The van der Waals surface area contributed by atoms with Crippen molar-refractivity contribution in [3.8, 4) is 5.75 Å². The molecule has 1 aliphatic heterocycles. The van der Waals surface area contributed by atoms with Crippen LogP contribution in [0.2, 0.25) is 0 Å². The molecule has 0 bridgehead atoms. The summed E-state index contributed by atoms with van der Waals surface area (Å²) >= 11 is 0.